The Morgan fingerprint density at radius 2 is 2.00 bits per heavy atom. The third kappa shape index (κ3) is 2.69. The van der Waals surface area contributed by atoms with Crippen molar-refractivity contribution in [1.29, 1.82) is 0 Å². The number of rotatable bonds is 4. The fourth-order valence-corrected chi connectivity index (χ4v) is 3.37. The van der Waals surface area contributed by atoms with Crippen LogP contribution in [0, 0.1) is 6.92 Å². The molecule has 0 bridgehead atoms. The van der Waals surface area contributed by atoms with Crippen LogP contribution < -0.4 is 10.1 Å². The van der Waals surface area contributed by atoms with E-state index in [0.29, 0.717) is 5.92 Å². The Morgan fingerprint density at radius 1 is 1.24 bits per heavy atom. The second-order valence-corrected chi connectivity index (χ2v) is 5.95. The maximum Gasteiger partial charge on any atom is 0.119 e. The van der Waals surface area contributed by atoms with Crippen LogP contribution in [0.5, 0.6) is 5.75 Å². The quantitative estimate of drug-likeness (QED) is 0.888. The normalized spacial score (nSPS) is 15.6. The van der Waals surface area contributed by atoms with Gasteiger partial charge in [-0.25, -0.2) is 0 Å². The van der Waals surface area contributed by atoms with Crippen molar-refractivity contribution in [2.24, 2.45) is 0 Å². The molecule has 21 heavy (non-hydrogen) atoms. The van der Waals surface area contributed by atoms with Gasteiger partial charge < -0.3 is 10.1 Å². The molecule has 1 N–H and O–H groups in total. The molecular formula is C18H24N2O. The van der Waals surface area contributed by atoms with Crippen molar-refractivity contribution in [3.63, 3.8) is 0 Å². The number of ether oxygens (including phenoxy) is 1. The molecule has 0 saturated heterocycles. The average Bonchev–Trinajstić information content (AvgIpc) is 3.02. The smallest absolute Gasteiger partial charge is 0.119 e. The molecule has 0 unspecified atom stereocenters. The Morgan fingerprint density at radius 3 is 2.67 bits per heavy atom. The van der Waals surface area contributed by atoms with E-state index in [4.69, 9.17) is 9.72 Å². The van der Waals surface area contributed by atoms with Crippen molar-refractivity contribution in [3.8, 4) is 5.75 Å². The molecule has 1 aliphatic carbocycles. The first-order valence-corrected chi connectivity index (χ1v) is 7.96. The number of benzene rings is 1. The van der Waals surface area contributed by atoms with Crippen LogP contribution in [0.15, 0.2) is 18.2 Å². The molecule has 1 aromatic heterocycles. The van der Waals surface area contributed by atoms with E-state index in [-0.39, 0.29) is 0 Å². The Labute approximate surface area is 126 Å². The molecule has 112 valence electrons. The predicted molar refractivity (Wildman–Crippen MR) is 88.4 cm³/mol. The van der Waals surface area contributed by atoms with Gasteiger partial charge in [0.1, 0.15) is 5.75 Å². The maximum atomic E-state index is 5.41. The van der Waals surface area contributed by atoms with Gasteiger partial charge in [-0.15, -0.1) is 0 Å². The van der Waals surface area contributed by atoms with E-state index in [1.165, 1.54) is 42.6 Å². The Bertz CT molecular complexity index is 645. The first kappa shape index (κ1) is 14.2. The molecule has 1 saturated carbocycles. The summed E-state index contributed by atoms with van der Waals surface area (Å²) in [5.74, 6) is 1.53. The second-order valence-electron chi connectivity index (χ2n) is 5.95. The number of methoxy groups -OCH3 is 1. The van der Waals surface area contributed by atoms with Gasteiger partial charge in [0, 0.05) is 29.2 Å². The third-order valence-corrected chi connectivity index (χ3v) is 4.47. The number of fused-ring (bicyclic) bond motifs is 1. The van der Waals surface area contributed by atoms with Crippen LogP contribution in [-0.2, 0) is 0 Å². The zero-order valence-corrected chi connectivity index (χ0v) is 13.2. The van der Waals surface area contributed by atoms with E-state index >= 15 is 0 Å². The van der Waals surface area contributed by atoms with Crippen LogP contribution >= 0.6 is 0 Å². The van der Waals surface area contributed by atoms with Gasteiger partial charge in [0.05, 0.1) is 12.6 Å². The number of nitrogens with one attached hydrogen (secondary N) is 1. The summed E-state index contributed by atoms with van der Waals surface area (Å²) in [4.78, 5) is 4.98. The van der Waals surface area contributed by atoms with E-state index in [1.54, 1.807) is 7.11 Å². The summed E-state index contributed by atoms with van der Waals surface area (Å²) in [6.07, 6.45) is 5.23. The lowest BCUT2D eigenvalue weighted by atomic mass is 10.00. The Kier molecular flexibility index (Phi) is 4.00. The van der Waals surface area contributed by atoms with E-state index in [2.05, 4.69) is 37.4 Å². The van der Waals surface area contributed by atoms with Gasteiger partial charge in [-0.05, 0) is 50.5 Å². The van der Waals surface area contributed by atoms with Gasteiger partial charge in [-0.2, -0.15) is 0 Å². The summed E-state index contributed by atoms with van der Waals surface area (Å²) in [6, 6.07) is 6.41. The molecule has 0 aliphatic heterocycles. The minimum absolute atomic E-state index is 0.633. The largest absolute Gasteiger partial charge is 0.497 e. The van der Waals surface area contributed by atoms with E-state index < -0.39 is 0 Å². The third-order valence-electron chi connectivity index (χ3n) is 4.47. The molecule has 0 radical (unpaired) electrons. The highest BCUT2D eigenvalue weighted by atomic mass is 16.5. The minimum atomic E-state index is 0.633. The maximum absolute atomic E-state index is 5.41. The van der Waals surface area contributed by atoms with Gasteiger partial charge in [-0.3, -0.25) is 4.98 Å². The van der Waals surface area contributed by atoms with Crippen molar-refractivity contribution in [3.05, 3.63) is 29.5 Å². The highest BCUT2D eigenvalue weighted by Gasteiger charge is 2.20. The van der Waals surface area contributed by atoms with Crippen molar-refractivity contribution < 1.29 is 4.74 Å². The number of aromatic nitrogens is 1. The predicted octanol–water partition coefficient (Wildman–Crippen LogP) is 4.64. The zero-order chi connectivity index (χ0) is 14.8. The molecular weight excluding hydrogens is 260 g/mol. The van der Waals surface area contributed by atoms with Gasteiger partial charge >= 0.3 is 0 Å². The summed E-state index contributed by atoms with van der Waals surface area (Å²) in [5.41, 5.74) is 4.73. The number of nitrogens with zero attached hydrogens (tertiary/aromatic N) is 1. The fourth-order valence-electron chi connectivity index (χ4n) is 3.37. The molecule has 1 aromatic carbocycles. The summed E-state index contributed by atoms with van der Waals surface area (Å²) in [5, 5.41) is 4.66. The van der Waals surface area contributed by atoms with E-state index in [0.717, 1.165) is 23.2 Å². The second kappa shape index (κ2) is 5.92. The van der Waals surface area contributed by atoms with Crippen LogP contribution in [0.25, 0.3) is 10.9 Å². The van der Waals surface area contributed by atoms with Gasteiger partial charge in [0.25, 0.3) is 0 Å². The minimum Gasteiger partial charge on any atom is -0.497 e. The van der Waals surface area contributed by atoms with Crippen LogP contribution in [0.3, 0.4) is 0 Å². The van der Waals surface area contributed by atoms with Crippen LogP contribution in [0.2, 0.25) is 0 Å². The molecule has 0 atom stereocenters. The number of hydrogen-bond acceptors (Lipinski definition) is 3. The highest BCUT2D eigenvalue weighted by Crippen LogP contribution is 2.37. The summed E-state index contributed by atoms with van der Waals surface area (Å²) < 4.78 is 5.41. The molecule has 3 rings (SSSR count). The molecule has 1 fully saturated rings. The van der Waals surface area contributed by atoms with Crippen molar-refractivity contribution in [2.45, 2.75) is 45.4 Å². The zero-order valence-electron chi connectivity index (χ0n) is 13.2. The number of hydrogen-bond donors (Lipinski definition) is 1. The molecule has 0 spiro atoms. The van der Waals surface area contributed by atoms with E-state index in [9.17, 15) is 0 Å². The monoisotopic (exact) mass is 284 g/mol. The standard InChI is InChI=1S/C18H24N2O/c1-4-19-17-11-16(13-7-5-6-8-13)20-18-12(2)9-14(21-3)10-15(17)18/h9-11,13H,4-8H2,1-3H3,(H,19,20). The van der Waals surface area contributed by atoms with Crippen molar-refractivity contribution in [1.82, 2.24) is 4.98 Å². The van der Waals surface area contributed by atoms with E-state index in [1.807, 2.05) is 0 Å². The number of anilines is 1. The van der Waals surface area contributed by atoms with Gasteiger partial charge in [0.15, 0.2) is 0 Å². The molecule has 1 aliphatic rings. The topological polar surface area (TPSA) is 34.2 Å². The summed E-state index contributed by atoms with van der Waals surface area (Å²) >= 11 is 0. The fraction of sp³-hybridized carbons (Fsp3) is 0.500. The first-order chi connectivity index (χ1) is 10.2. The SMILES string of the molecule is CCNc1cc(C2CCCC2)nc2c(C)cc(OC)cc12. The Hall–Kier alpha value is -1.77. The lowest BCUT2D eigenvalue weighted by molar-refractivity contribution is 0.415. The van der Waals surface area contributed by atoms with Gasteiger partial charge in [0.2, 0.25) is 0 Å². The van der Waals surface area contributed by atoms with Crippen molar-refractivity contribution >= 4 is 16.6 Å². The molecule has 1 heterocycles. The Balaban J connectivity index is 2.18. The molecule has 3 nitrogen and oxygen atoms in total. The first-order valence-electron chi connectivity index (χ1n) is 7.96. The number of pyridine rings is 1. The number of aryl methyl sites for hydroxylation is 1. The lowest BCUT2D eigenvalue weighted by Crippen LogP contribution is -2.04. The van der Waals surface area contributed by atoms with Crippen LogP contribution in [-0.4, -0.2) is 18.6 Å². The van der Waals surface area contributed by atoms with Crippen LogP contribution in [0.4, 0.5) is 5.69 Å². The van der Waals surface area contributed by atoms with Crippen molar-refractivity contribution in [2.75, 3.05) is 19.0 Å². The van der Waals surface area contributed by atoms with Crippen LogP contribution in [0.1, 0.15) is 49.8 Å². The average molecular weight is 284 g/mol. The summed E-state index contributed by atoms with van der Waals surface area (Å²) in [7, 11) is 1.72. The molecule has 0 amide bonds. The van der Waals surface area contributed by atoms with Gasteiger partial charge in [-0.1, -0.05) is 12.8 Å². The molecule has 3 heteroatoms. The highest BCUT2D eigenvalue weighted by molar-refractivity contribution is 5.94. The molecule has 2 aromatic rings. The summed E-state index contributed by atoms with van der Waals surface area (Å²) in [6.45, 7) is 5.17. The lowest BCUT2D eigenvalue weighted by Gasteiger charge is -2.16.